The SMILES string of the molecule is Cn1c([N+](=O)[O-])cnc1-c1nnc(N/N=C\c2ccccc2O)s1. The molecule has 3 rings (SSSR count). The van der Waals surface area contributed by atoms with Crippen molar-refractivity contribution in [2.75, 3.05) is 5.43 Å². The number of benzene rings is 1. The van der Waals surface area contributed by atoms with E-state index in [4.69, 9.17) is 0 Å². The number of anilines is 1. The first-order chi connectivity index (χ1) is 11.6. The van der Waals surface area contributed by atoms with E-state index in [0.29, 0.717) is 21.5 Å². The maximum absolute atomic E-state index is 10.8. The van der Waals surface area contributed by atoms with Crippen LogP contribution in [-0.2, 0) is 7.05 Å². The molecular weight excluding hydrogens is 334 g/mol. The number of nitrogens with one attached hydrogen (secondary N) is 1. The van der Waals surface area contributed by atoms with Crippen LogP contribution in [0.4, 0.5) is 10.9 Å². The average Bonchev–Trinajstić information content (AvgIpc) is 3.15. The molecule has 24 heavy (non-hydrogen) atoms. The Kier molecular flexibility index (Phi) is 4.16. The number of rotatable bonds is 5. The van der Waals surface area contributed by atoms with E-state index in [-0.39, 0.29) is 11.6 Å². The van der Waals surface area contributed by atoms with Gasteiger partial charge in [0.15, 0.2) is 0 Å². The van der Waals surface area contributed by atoms with Gasteiger partial charge >= 0.3 is 5.82 Å². The molecule has 0 aliphatic rings. The summed E-state index contributed by atoms with van der Waals surface area (Å²) in [5.41, 5.74) is 3.24. The van der Waals surface area contributed by atoms with Crippen LogP contribution in [0.25, 0.3) is 10.8 Å². The summed E-state index contributed by atoms with van der Waals surface area (Å²) in [5.74, 6) is 0.325. The van der Waals surface area contributed by atoms with Gasteiger partial charge < -0.3 is 15.2 Å². The van der Waals surface area contributed by atoms with Crippen molar-refractivity contribution in [1.82, 2.24) is 19.7 Å². The lowest BCUT2D eigenvalue weighted by molar-refractivity contribution is -0.391. The zero-order valence-electron chi connectivity index (χ0n) is 12.3. The number of nitrogens with zero attached hydrogens (tertiary/aromatic N) is 6. The van der Waals surface area contributed by atoms with Crippen molar-refractivity contribution in [2.45, 2.75) is 0 Å². The number of imidazole rings is 1. The van der Waals surface area contributed by atoms with Crippen LogP contribution < -0.4 is 5.43 Å². The Balaban J connectivity index is 1.75. The fourth-order valence-electron chi connectivity index (χ4n) is 1.88. The first-order valence-electron chi connectivity index (χ1n) is 6.63. The number of hydrogen-bond acceptors (Lipinski definition) is 9. The molecule has 2 N–H and O–H groups in total. The number of aromatic hydroxyl groups is 1. The second kappa shape index (κ2) is 6.42. The zero-order valence-corrected chi connectivity index (χ0v) is 13.1. The summed E-state index contributed by atoms with van der Waals surface area (Å²) in [5, 5.41) is 33.1. The second-order valence-electron chi connectivity index (χ2n) is 4.60. The van der Waals surface area contributed by atoms with Gasteiger partial charge in [-0.05, 0) is 17.1 Å². The maximum Gasteiger partial charge on any atom is 0.342 e. The van der Waals surface area contributed by atoms with Crippen molar-refractivity contribution in [3.8, 4) is 16.6 Å². The molecule has 122 valence electrons. The molecule has 0 bridgehead atoms. The van der Waals surface area contributed by atoms with E-state index in [0.717, 1.165) is 11.3 Å². The van der Waals surface area contributed by atoms with Crippen LogP contribution in [0, 0.1) is 10.1 Å². The third kappa shape index (κ3) is 3.05. The van der Waals surface area contributed by atoms with E-state index in [1.54, 1.807) is 24.3 Å². The Morgan fingerprint density at radius 1 is 1.42 bits per heavy atom. The summed E-state index contributed by atoms with van der Waals surface area (Å²) in [6.07, 6.45) is 2.61. The van der Waals surface area contributed by atoms with Crippen molar-refractivity contribution < 1.29 is 10.0 Å². The highest BCUT2D eigenvalue weighted by Gasteiger charge is 2.21. The highest BCUT2D eigenvalue weighted by Crippen LogP contribution is 2.27. The van der Waals surface area contributed by atoms with Crippen molar-refractivity contribution in [3.05, 3.63) is 46.1 Å². The van der Waals surface area contributed by atoms with Crippen LogP contribution in [0.1, 0.15) is 5.56 Å². The normalized spacial score (nSPS) is 11.0. The Labute approximate surface area is 139 Å². The Bertz CT molecular complexity index is 918. The molecule has 0 radical (unpaired) electrons. The smallest absolute Gasteiger partial charge is 0.342 e. The highest BCUT2D eigenvalue weighted by molar-refractivity contribution is 7.18. The number of hydrogen-bond donors (Lipinski definition) is 2. The van der Waals surface area contributed by atoms with Gasteiger partial charge in [0.05, 0.1) is 13.3 Å². The lowest BCUT2D eigenvalue weighted by Gasteiger charge is -1.96. The highest BCUT2D eigenvalue weighted by atomic mass is 32.1. The van der Waals surface area contributed by atoms with Crippen LogP contribution in [-0.4, -0.2) is 36.0 Å². The van der Waals surface area contributed by atoms with E-state index in [1.165, 1.54) is 24.0 Å². The number of phenolic OH excluding ortho intramolecular Hbond substituents is 1. The fourth-order valence-corrected chi connectivity index (χ4v) is 2.61. The number of para-hydroxylation sites is 1. The molecule has 0 spiro atoms. The summed E-state index contributed by atoms with van der Waals surface area (Å²) in [6, 6.07) is 6.75. The molecule has 0 aliphatic carbocycles. The predicted octanol–water partition coefficient (Wildman–Crippen LogP) is 2.00. The Hall–Kier alpha value is -3.34. The summed E-state index contributed by atoms with van der Waals surface area (Å²) in [4.78, 5) is 14.3. The van der Waals surface area contributed by atoms with E-state index in [9.17, 15) is 15.2 Å². The lowest BCUT2D eigenvalue weighted by Crippen LogP contribution is -1.98. The minimum Gasteiger partial charge on any atom is -0.507 e. The first-order valence-corrected chi connectivity index (χ1v) is 7.45. The van der Waals surface area contributed by atoms with E-state index >= 15 is 0 Å². The Morgan fingerprint density at radius 3 is 2.92 bits per heavy atom. The van der Waals surface area contributed by atoms with Crippen molar-refractivity contribution in [2.24, 2.45) is 12.1 Å². The van der Waals surface area contributed by atoms with Gasteiger partial charge in [-0.1, -0.05) is 23.5 Å². The van der Waals surface area contributed by atoms with Crippen LogP contribution in [0.5, 0.6) is 5.75 Å². The topological polar surface area (TPSA) is 131 Å². The van der Waals surface area contributed by atoms with Crippen molar-refractivity contribution in [1.29, 1.82) is 0 Å². The zero-order chi connectivity index (χ0) is 17.1. The van der Waals surface area contributed by atoms with Gasteiger partial charge in [-0.3, -0.25) is 5.43 Å². The number of nitro groups is 1. The summed E-state index contributed by atoms with van der Waals surface area (Å²) in [6.45, 7) is 0. The molecule has 0 saturated carbocycles. The van der Waals surface area contributed by atoms with Gasteiger partial charge in [0.1, 0.15) is 11.9 Å². The number of aromatic nitrogens is 4. The first kappa shape index (κ1) is 15.6. The standard InChI is InChI=1S/C13H11N7O3S/c1-19-10(20(22)23)7-14-11(19)12-16-18-13(24-12)17-15-6-8-4-2-3-5-9(8)21/h2-7,21H,1H3,(H,17,18)/b15-6-. The largest absolute Gasteiger partial charge is 0.507 e. The number of hydrazone groups is 1. The fraction of sp³-hybridized carbons (Fsp3) is 0.0769. The van der Waals surface area contributed by atoms with E-state index < -0.39 is 4.92 Å². The van der Waals surface area contributed by atoms with E-state index in [1.807, 2.05) is 0 Å². The molecule has 1 aromatic carbocycles. The third-order valence-electron chi connectivity index (χ3n) is 3.07. The van der Waals surface area contributed by atoms with Crippen LogP contribution in [0.3, 0.4) is 0 Å². The van der Waals surface area contributed by atoms with Gasteiger partial charge in [0.25, 0.3) is 5.82 Å². The molecule has 0 atom stereocenters. The van der Waals surface area contributed by atoms with Crippen molar-refractivity contribution in [3.63, 3.8) is 0 Å². The lowest BCUT2D eigenvalue weighted by atomic mass is 10.2. The van der Waals surface area contributed by atoms with Gasteiger partial charge in [0, 0.05) is 5.56 Å². The molecule has 0 saturated heterocycles. The second-order valence-corrected chi connectivity index (χ2v) is 5.57. The molecule has 2 aromatic heterocycles. The molecule has 0 aliphatic heterocycles. The molecule has 0 amide bonds. The monoisotopic (exact) mass is 345 g/mol. The quantitative estimate of drug-likeness (QED) is 0.410. The molecular formula is C13H11N7O3S. The van der Waals surface area contributed by atoms with Gasteiger partial charge in [-0.2, -0.15) is 5.10 Å². The van der Waals surface area contributed by atoms with Crippen LogP contribution >= 0.6 is 11.3 Å². The summed E-state index contributed by atoms with van der Waals surface area (Å²) < 4.78 is 1.33. The molecule has 0 fully saturated rings. The van der Waals surface area contributed by atoms with Crippen LogP contribution in [0.2, 0.25) is 0 Å². The molecule has 10 nitrogen and oxygen atoms in total. The molecule has 0 unspecified atom stereocenters. The summed E-state index contributed by atoms with van der Waals surface area (Å²) in [7, 11) is 1.53. The molecule has 2 heterocycles. The minimum atomic E-state index is -0.521. The molecule has 11 heteroatoms. The minimum absolute atomic E-state index is 0.112. The number of phenols is 1. The van der Waals surface area contributed by atoms with Gasteiger partial charge in [-0.15, -0.1) is 10.2 Å². The third-order valence-corrected chi connectivity index (χ3v) is 3.89. The average molecular weight is 345 g/mol. The predicted molar refractivity (Wildman–Crippen MR) is 88.1 cm³/mol. The Morgan fingerprint density at radius 2 is 2.21 bits per heavy atom. The van der Waals surface area contributed by atoms with E-state index in [2.05, 4.69) is 25.7 Å². The van der Waals surface area contributed by atoms with Gasteiger partial charge in [-0.25, -0.2) is 9.55 Å². The maximum atomic E-state index is 10.8. The molecule has 3 aromatic rings. The van der Waals surface area contributed by atoms with Gasteiger partial charge in [0.2, 0.25) is 10.1 Å². The summed E-state index contributed by atoms with van der Waals surface area (Å²) >= 11 is 1.15. The van der Waals surface area contributed by atoms with Crippen molar-refractivity contribution >= 4 is 28.5 Å². The van der Waals surface area contributed by atoms with Crippen LogP contribution in [0.15, 0.2) is 35.6 Å².